The molecule has 100 valence electrons. The lowest BCUT2D eigenvalue weighted by atomic mass is 10.3. The number of benzene rings is 1. The molecule has 0 aliphatic carbocycles. The van der Waals surface area contributed by atoms with Gasteiger partial charge in [-0.2, -0.15) is 0 Å². The summed E-state index contributed by atoms with van der Waals surface area (Å²) in [5.74, 6) is 5.51. The van der Waals surface area contributed by atoms with Crippen molar-refractivity contribution in [2.75, 3.05) is 5.43 Å². The molecular formula is C12H12F2N4S. The minimum atomic E-state index is -0.594. The maximum atomic E-state index is 13.4. The summed E-state index contributed by atoms with van der Waals surface area (Å²) in [5.41, 5.74) is 3.20. The normalized spacial score (nSPS) is 10.5. The summed E-state index contributed by atoms with van der Waals surface area (Å²) >= 11 is 1.20. The minimum absolute atomic E-state index is 0.355. The zero-order valence-electron chi connectivity index (χ0n) is 10.2. The van der Waals surface area contributed by atoms with Crippen LogP contribution in [0.25, 0.3) is 0 Å². The lowest BCUT2D eigenvalue weighted by Crippen LogP contribution is -2.10. The smallest absolute Gasteiger partial charge is 0.143 e. The summed E-state index contributed by atoms with van der Waals surface area (Å²) in [5, 5.41) is 0. The molecule has 0 atom stereocenters. The summed E-state index contributed by atoms with van der Waals surface area (Å²) in [6.45, 7) is 1.81. The van der Waals surface area contributed by atoms with Gasteiger partial charge in [0.15, 0.2) is 0 Å². The van der Waals surface area contributed by atoms with Crippen molar-refractivity contribution in [1.82, 2.24) is 9.97 Å². The monoisotopic (exact) mass is 282 g/mol. The first kappa shape index (κ1) is 13.7. The van der Waals surface area contributed by atoms with E-state index in [1.165, 1.54) is 23.9 Å². The van der Waals surface area contributed by atoms with Crippen LogP contribution in [0, 0.1) is 18.6 Å². The van der Waals surface area contributed by atoms with Crippen molar-refractivity contribution in [2.45, 2.75) is 17.6 Å². The van der Waals surface area contributed by atoms with Crippen LogP contribution in [0.3, 0.4) is 0 Å². The van der Waals surface area contributed by atoms with E-state index in [0.29, 0.717) is 22.3 Å². The Balaban J connectivity index is 2.12. The van der Waals surface area contributed by atoms with Crippen LogP contribution in [0.1, 0.15) is 11.5 Å². The number of anilines is 1. The minimum Gasteiger partial charge on any atom is -0.308 e. The fourth-order valence-electron chi connectivity index (χ4n) is 1.50. The molecule has 3 N–H and O–H groups in total. The second-order valence-corrected chi connectivity index (χ2v) is 4.84. The number of hydrogen-bond acceptors (Lipinski definition) is 5. The molecule has 1 aromatic heterocycles. The number of nitrogen functional groups attached to an aromatic ring is 1. The molecule has 0 bridgehead atoms. The standard InChI is InChI=1S/C12H12F2N4S/c1-7-4-11(18-15)17-12(16-7)6-19-10-3-2-8(13)5-9(10)14/h2-5H,6,15H2,1H3,(H,16,17,18). The first-order chi connectivity index (χ1) is 9.08. The van der Waals surface area contributed by atoms with E-state index in [0.717, 1.165) is 11.8 Å². The third kappa shape index (κ3) is 3.62. The van der Waals surface area contributed by atoms with Crippen LogP contribution in [0.4, 0.5) is 14.6 Å². The van der Waals surface area contributed by atoms with Crippen LogP contribution in [0.2, 0.25) is 0 Å². The average molecular weight is 282 g/mol. The van der Waals surface area contributed by atoms with Gasteiger partial charge in [-0.3, -0.25) is 0 Å². The van der Waals surface area contributed by atoms with Gasteiger partial charge in [0, 0.05) is 22.7 Å². The highest BCUT2D eigenvalue weighted by molar-refractivity contribution is 7.98. The first-order valence-electron chi connectivity index (χ1n) is 5.47. The van der Waals surface area contributed by atoms with Crippen LogP contribution in [-0.4, -0.2) is 9.97 Å². The van der Waals surface area contributed by atoms with Crippen molar-refractivity contribution in [3.63, 3.8) is 0 Å². The van der Waals surface area contributed by atoms with Crippen LogP contribution in [-0.2, 0) is 5.75 Å². The van der Waals surface area contributed by atoms with Crippen molar-refractivity contribution in [3.8, 4) is 0 Å². The number of aromatic nitrogens is 2. The maximum Gasteiger partial charge on any atom is 0.143 e. The summed E-state index contributed by atoms with van der Waals surface area (Å²) in [6.07, 6.45) is 0. The number of halogens is 2. The Labute approximate surface area is 113 Å². The Kier molecular flexibility index (Phi) is 4.28. The molecule has 19 heavy (non-hydrogen) atoms. The van der Waals surface area contributed by atoms with Crippen molar-refractivity contribution in [1.29, 1.82) is 0 Å². The van der Waals surface area contributed by atoms with Crippen LogP contribution in [0.5, 0.6) is 0 Å². The fourth-order valence-corrected chi connectivity index (χ4v) is 2.28. The molecule has 0 amide bonds. The Morgan fingerprint density at radius 1 is 1.26 bits per heavy atom. The Morgan fingerprint density at radius 2 is 2.05 bits per heavy atom. The molecule has 1 aromatic carbocycles. The molecule has 0 unspecified atom stereocenters. The highest BCUT2D eigenvalue weighted by Gasteiger charge is 2.07. The molecule has 0 aliphatic heterocycles. The van der Waals surface area contributed by atoms with Gasteiger partial charge < -0.3 is 5.43 Å². The molecule has 2 aromatic rings. The third-order valence-corrected chi connectivity index (χ3v) is 3.34. The first-order valence-corrected chi connectivity index (χ1v) is 6.46. The number of aryl methyl sites for hydroxylation is 1. The van der Waals surface area contributed by atoms with E-state index in [1.54, 1.807) is 6.07 Å². The van der Waals surface area contributed by atoms with Gasteiger partial charge in [0.1, 0.15) is 23.3 Å². The zero-order valence-corrected chi connectivity index (χ0v) is 11.0. The summed E-state index contributed by atoms with van der Waals surface area (Å²) in [6, 6.07) is 5.17. The van der Waals surface area contributed by atoms with E-state index in [-0.39, 0.29) is 0 Å². The highest BCUT2D eigenvalue weighted by atomic mass is 32.2. The molecule has 1 heterocycles. The molecule has 0 saturated heterocycles. The molecule has 2 rings (SSSR count). The molecule has 0 fully saturated rings. The Hall–Kier alpha value is -1.73. The van der Waals surface area contributed by atoms with Gasteiger partial charge >= 0.3 is 0 Å². The number of rotatable bonds is 4. The van der Waals surface area contributed by atoms with Crippen molar-refractivity contribution >= 4 is 17.6 Å². The third-order valence-electron chi connectivity index (χ3n) is 2.30. The highest BCUT2D eigenvalue weighted by Crippen LogP contribution is 2.25. The predicted octanol–water partition coefficient (Wildman–Crippen LogP) is 2.64. The Bertz CT molecular complexity index is 592. The van der Waals surface area contributed by atoms with E-state index < -0.39 is 11.6 Å². The van der Waals surface area contributed by atoms with E-state index in [2.05, 4.69) is 15.4 Å². The molecule has 0 saturated carbocycles. The van der Waals surface area contributed by atoms with E-state index in [9.17, 15) is 8.78 Å². The van der Waals surface area contributed by atoms with Crippen molar-refractivity contribution < 1.29 is 8.78 Å². The average Bonchev–Trinajstić information content (AvgIpc) is 2.37. The summed E-state index contributed by atoms with van der Waals surface area (Å²) in [4.78, 5) is 8.73. The lowest BCUT2D eigenvalue weighted by Gasteiger charge is -2.06. The van der Waals surface area contributed by atoms with Crippen molar-refractivity contribution in [2.24, 2.45) is 5.84 Å². The van der Waals surface area contributed by atoms with E-state index >= 15 is 0 Å². The molecule has 4 nitrogen and oxygen atoms in total. The fraction of sp³-hybridized carbons (Fsp3) is 0.167. The molecule has 0 aliphatic rings. The van der Waals surface area contributed by atoms with Gasteiger partial charge in [-0.05, 0) is 19.1 Å². The van der Waals surface area contributed by atoms with E-state index in [1.807, 2.05) is 6.92 Å². The van der Waals surface area contributed by atoms with Crippen LogP contribution >= 0.6 is 11.8 Å². The largest absolute Gasteiger partial charge is 0.308 e. The molecule has 0 spiro atoms. The van der Waals surface area contributed by atoms with Gasteiger partial charge in [-0.25, -0.2) is 24.6 Å². The topological polar surface area (TPSA) is 63.8 Å². The quantitative estimate of drug-likeness (QED) is 0.513. The lowest BCUT2D eigenvalue weighted by molar-refractivity contribution is 0.565. The molecular weight excluding hydrogens is 270 g/mol. The number of nitrogens with two attached hydrogens (primary N) is 1. The Morgan fingerprint density at radius 3 is 2.74 bits per heavy atom. The maximum absolute atomic E-state index is 13.4. The van der Waals surface area contributed by atoms with Crippen LogP contribution in [0.15, 0.2) is 29.2 Å². The van der Waals surface area contributed by atoms with Crippen molar-refractivity contribution in [3.05, 3.63) is 47.4 Å². The van der Waals surface area contributed by atoms with Crippen LogP contribution < -0.4 is 11.3 Å². The number of nitrogens with one attached hydrogen (secondary N) is 1. The number of hydrogen-bond donors (Lipinski definition) is 2. The number of nitrogens with zero attached hydrogens (tertiary/aromatic N) is 2. The second kappa shape index (κ2) is 5.94. The number of hydrazine groups is 1. The zero-order chi connectivity index (χ0) is 13.8. The second-order valence-electron chi connectivity index (χ2n) is 3.82. The van der Waals surface area contributed by atoms with Gasteiger partial charge in [-0.1, -0.05) is 0 Å². The van der Waals surface area contributed by atoms with Gasteiger partial charge in [0.2, 0.25) is 0 Å². The van der Waals surface area contributed by atoms with Gasteiger partial charge in [0.05, 0.1) is 5.75 Å². The van der Waals surface area contributed by atoms with Gasteiger partial charge in [0.25, 0.3) is 0 Å². The molecule has 0 radical (unpaired) electrons. The number of thioether (sulfide) groups is 1. The predicted molar refractivity (Wildman–Crippen MR) is 70.5 cm³/mol. The summed E-state index contributed by atoms with van der Waals surface area (Å²) in [7, 11) is 0. The summed E-state index contributed by atoms with van der Waals surface area (Å²) < 4.78 is 26.2. The molecule has 7 heteroatoms. The van der Waals surface area contributed by atoms with E-state index in [4.69, 9.17) is 5.84 Å². The van der Waals surface area contributed by atoms with Gasteiger partial charge in [-0.15, -0.1) is 11.8 Å². The SMILES string of the molecule is Cc1cc(NN)nc(CSc2ccc(F)cc2F)n1.